The second-order valence-electron chi connectivity index (χ2n) is 6.77. The van der Waals surface area contributed by atoms with Gasteiger partial charge in [-0.3, -0.25) is 4.79 Å². The molecule has 0 saturated carbocycles. The number of aryl methyl sites for hydroxylation is 1. The smallest absolute Gasteiger partial charge is 0.267 e. The Morgan fingerprint density at radius 1 is 1.13 bits per heavy atom. The predicted octanol–water partition coefficient (Wildman–Crippen LogP) is 2.97. The van der Waals surface area contributed by atoms with Crippen LogP contribution in [0.5, 0.6) is 0 Å². The third-order valence-corrected chi connectivity index (χ3v) is 5.90. The number of amides is 1. The SMILES string of the molecule is CCc1nnsc1C(=O)N1CCCC[C@@H]1CN1CCCCCC1. The maximum Gasteiger partial charge on any atom is 0.267 e. The Bertz CT molecular complexity index is 510. The van der Waals surface area contributed by atoms with E-state index < -0.39 is 0 Å². The lowest BCUT2D eigenvalue weighted by atomic mass is 10.0. The molecule has 1 aromatic rings. The molecule has 0 aromatic carbocycles. The molecule has 5 nitrogen and oxygen atoms in total. The number of hydrogen-bond donors (Lipinski definition) is 0. The second kappa shape index (κ2) is 8.20. The van der Waals surface area contributed by atoms with Crippen LogP contribution >= 0.6 is 11.5 Å². The fourth-order valence-corrected chi connectivity index (χ4v) is 4.51. The van der Waals surface area contributed by atoms with E-state index in [1.54, 1.807) is 0 Å². The Kier molecular flexibility index (Phi) is 6.00. The number of likely N-dealkylation sites (tertiary alicyclic amines) is 2. The van der Waals surface area contributed by atoms with Gasteiger partial charge in [0.05, 0.1) is 5.69 Å². The molecule has 0 bridgehead atoms. The van der Waals surface area contributed by atoms with Crippen molar-refractivity contribution in [3.63, 3.8) is 0 Å². The first kappa shape index (κ1) is 16.8. The zero-order valence-corrected chi connectivity index (χ0v) is 15.0. The van der Waals surface area contributed by atoms with Gasteiger partial charge in [0.25, 0.3) is 5.91 Å². The molecule has 0 aliphatic carbocycles. The molecule has 128 valence electrons. The highest BCUT2D eigenvalue weighted by Crippen LogP contribution is 2.24. The minimum Gasteiger partial charge on any atom is -0.334 e. The summed E-state index contributed by atoms with van der Waals surface area (Å²) >= 11 is 1.26. The second-order valence-corrected chi connectivity index (χ2v) is 7.52. The van der Waals surface area contributed by atoms with E-state index in [1.807, 2.05) is 6.92 Å². The molecule has 2 aliphatic rings. The minimum absolute atomic E-state index is 0.163. The van der Waals surface area contributed by atoms with E-state index in [9.17, 15) is 4.79 Å². The van der Waals surface area contributed by atoms with Crippen LogP contribution in [0.3, 0.4) is 0 Å². The number of rotatable bonds is 4. The van der Waals surface area contributed by atoms with Crippen LogP contribution in [0, 0.1) is 0 Å². The summed E-state index contributed by atoms with van der Waals surface area (Å²) in [5.74, 6) is 0.163. The van der Waals surface area contributed by atoms with Crippen molar-refractivity contribution >= 4 is 17.4 Å². The number of carbonyl (C=O) groups excluding carboxylic acids is 1. The fourth-order valence-electron chi connectivity index (χ4n) is 3.81. The van der Waals surface area contributed by atoms with Crippen LogP contribution in [0.2, 0.25) is 0 Å². The zero-order chi connectivity index (χ0) is 16.1. The standard InChI is InChI=1S/C17H28N4OS/c1-2-15-16(23-19-18-15)17(22)21-12-8-5-9-14(21)13-20-10-6-3-4-7-11-20/h14H,2-13H2,1H3/t14-/m1/s1. The first-order valence-corrected chi connectivity index (χ1v) is 9.91. The van der Waals surface area contributed by atoms with E-state index in [0.29, 0.717) is 6.04 Å². The van der Waals surface area contributed by atoms with Crippen LogP contribution in [0.1, 0.15) is 67.2 Å². The summed E-state index contributed by atoms with van der Waals surface area (Å²) in [7, 11) is 0. The maximum atomic E-state index is 13.0. The van der Waals surface area contributed by atoms with Gasteiger partial charge in [-0.25, -0.2) is 0 Å². The topological polar surface area (TPSA) is 49.3 Å². The van der Waals surface area contributed by atoms with Gasteiger partial charge >= 0.3 is 0 Å². The van der Waals surface area contributed by atoms with Gasteiger partial charge < -0.3 is 9.80 Å². The summed E-state index contributed by atoms with van der Waals surface area (Å²) in [5.41, 5.74) is 0.860. The van der Waals surface area contributed by atoms with Crippen LogP contribution in [0.25, 0.3) is 0 Å². The van der Waals surface area contributed by atoms with Gasteiger partial charge in [0.15, 0.2) is 0 Å². The monoisotopic (exact) mass is 336 g/mol. The maximum absolute atomic E-state index is 13.0. The summed E-state index contributed by atoms with van der Waals surface area (Å²) in [6, 6.07) is 0.362. The Balaban J connectivity index is 1.69. The molecule has 6 heteroatoms. The molecule has 1 atom stereocenters. The first-order chi connectivity index (χ1) is 11.3. The van der Waals surface area contributed by atoms with Gasteiger partial charge in [-0.05, 0) is 63.1 Å². The quantitative estimate of drug-likeness (QED) is 0.848. The van der Waals surface area contributed by atoms with Crippen LogP contribution in [0.15, 0.2) is 0 Å². The molecule has 0 unspecified atom stereocenters. The van der Waals surface area contributed by atoms with Gasteiger partial charge in [-0.1, -0.05) is 24.3 Å². The molecule has 0 radical (unpaired) electrons. The van der Waals surface area contributed by atoms with E-state index in [1.165, 1.54) is 56.7 Å². The number of aromatic nitrogens is 2. The molecule has 2 saturated heterocycles. The third-order valence-electron chi connectivity index (χ3n) is 5.14. The summed E-state index contributed by atoms with van der Waals surface area (Å²) in [4.78, 5) is 18.5. The van der Waals surface area contributed by atoms with E-state index in [2.05, 4.69) is 19.4 Å². The number of nitrogens with zero attached hydrogens (tertiary/aromatic N) is 4. The van der Waals surface area contributed by atoms with Crippen LogP contribution in [-0.4, -0.2) is 57.5 Å². The molecular weight excluding hydrogens is 308 g/mol. The highest BCUT2D eigenvalue weighted by Gasteiger charge is 2.31. The van der Waals surface area contributed by atoms with Crippen LogP contribution in [0.4, 0.5) is 0 Å². The van der Waals surface area contributed by atoms with Crippen molar-refractivity contribution in [2.24, 2.45) is 0 Å². The highest BCUT2D eigenvalue weighted by molar-refractivity contribution is 7.08. The molecule has 2 aliphatic heterocycles. The Morgan fingerprint density at radius 2 is 1.87 bits per heavy atom. The normalized spacial score (nSPS) is 23.7. The number of hydrogen-bond acceptors (Lipinski definition) is 5. The van der Waals surface area contributed by atoms with Gasteiger partial charge in [-0.15, -0.1) is 5.10 Å². The summed E-state index contributed by atoms with van der Waals surface area (Å²) < 4.78 is 4.00. The Labute approximate surface area is 143 Å². The lowest BCUT2D eigenvalue weighted by Gasteiger charge is -2.38. The highest BCUT2D eigenvalue weighted by atomic mass is 32.1. The van der Waals surface area contributed by atoms with Crippen molar-refractivity contribution in [3.05, 3.63) is 10.6 Å². The first-order valence-electron chi connectivity index (χ1n) is 9.14. The Hall–Kier alpha value is -1.01. The molecule has 3 rings (SSSR count). The average Bonchev–Trinajstić information content (AvgIpc) is 2.92. The predicted molar refractivity (Wildman–Crippen MR) is 92.9 cm³/mol. The molecule has 3 heterocycles. The van der Waals surface area contributed by atoms with E-state index in [-0.39, 0.29) is 5.91 Å². The largest absolute Gasteiger partial charge is 0.334 e. The fraction of sp³-hybridized carbons (Fsp3) is 0.824. The van der Waals surface area contributed by atoms with E-state index >= 15 is 0 Å². The molecule has 1 amide bonds. The molecule has 0 N–H and O–H groups in total. The van der Waals surface area contributed by atoms with Crippen LogP contribution in [-0.2, 0) is 6.42 Å². The lowest BCUT2D eigenvalue weighted by Crippen LogP contribution is -2.49. The number of piperidine rings is 1. The molecule has 2 fully saturated rings. The molecule has 1 aromatic heterocycles. The minimum atomic E-state index is 0.163. The van der Waals surface area contributed by atoms with Crippen molar-refractivity contribution in [2.45, 2.75) is 64.3 Å². The summed E-state index contributed by atoms with van der Waals surface area (Å²) in [5, 5.41) is 4.11. The van der Waals surface area contributed by atoms with Crippen LogP contribution < -0.4 is 0 Å². The van der Waals surface area contributed by atoms with Crippen molar-refractivity contribution in [1.29, 1.82) is 0 Å². The van der Waals surface area contributed by atoms with Gasteiger partial charge in [-0.2, -0.15) is 0 Å². The molecule has 0 spiro atoms. The average molecular weight is 337 g/mol. The summed E-state index contributed by atoms with van der Waals surface area (Å²) in [6.07, 6.45) is 9.60. The molecular formula is C17H28N4OS. The van der Waals surface area contributed by atoms with Crippen molar-refractivity contribution in [3.8, 4) is 0 Å². The Morgan fingerprint density at radius 3 is 2.61 bits per heavy atom. The molecule has 23 heavy (non-hydrogen) atoms. The van der Waals surface area contributed by atoms with E-state index in [0.717, 1.165) is 42.9 Å². The number of carbonyl (C=O) groups is 1. The lowest BCUT2D eigenvalue weighted by molar-refractivity contribution is 0.0550. The van der Waals surface area contributed by atoms with Crippen molar-refractivity contribution in [2.75, 3.05) is 26.2 Å². The van der Waals surface area contributed by atoms with Gasteiger partial charge in [0, 0.05) is 19.1 Å². The third kappa shape index (κ3) is 4.10. The van der Waals surface area contributed by atoms with Gasteiger partial charge in [0.1, 0.15) is 4.88 Å². The van der Waals surface area contributed by atoms with Crippen molar-refractivity contribution < 1.29 is 4.79 Å². The van der Waals surface area contributed by atoms with E-state index in [4.69, 9.17) is 0 Å². The van der Waals surface area contributed by atoms with Gasteiger partial charge in [0.2, 0.25) is 0 Å². The summed E-state index contributed by atoms with van der Waals surface area (Å²) in [6.45, 7) is 6.36. The van der Waals surface area contributed by atoms with Crippen molar-refractivity contribution in [1.82, 2.24) is 19.4 Å². The zero-order valence-electron chi connectivity index (χ0n) is 14.2.